The number of aryl methyl sites for hydroxylation is 3. The van der Waals surface area contributed by atoms with Crippen molar-refractivity contribution in [2.75, 3.05) is 0 Å². The maximum Gasteiger partial charge on any atom is 0.308 e. The maximum absolute atomic E-state index is 10.8. The summed E-state index contributed by atoms with van der Waals surface area (Å²) in [7, 11) is 0. The minimum atomic E-state index is -0.285. The van der Waals surface area contributed by atoms with Gasteiger partial charge in [-0.25, -0.2) is 0 Å². The van der Waals surface area contributed by atoms with Gasteiger partial charge in [0.25, 0.3) is 0 Å². The van der Waals surface area contributed by atoms with Gasteiger partial charge in [-0.05, 0) is 43.0 Å². The van der Waals surface area contributed by atoms with Crippen LogP contribution in [0.25, 0.3) is 0 Å². The van der Waals surface area contributed by atoms with E-state index in [-0.39, 0.29) is 5.97 Å². The van der Waals surface area contributed by atoms with Crippen LogP contribution < -0.4 is 4.74 Å². The lowest BCUT2D eigenvalue weighted by Gasteiger charge is -2.05. The lowest BCUT2D eigenvalue weighted by atomic mass is 10.0. The zero-order chi connectivity index (χ0) is 13.7. The smallest absolute Gasteiger partial charge is 0.308 e. The molecule has 0 N–H and O–H groups in total. The Hall–Kier alpha value is -2.09. The molecule has 0 aliphatic carbocycles. The second kappa shape index (κ2) is 6.19. The highest BCUT2D eigenvalue weighted by atomic mass is 16.5. The molecule has 0 aliphatic rings. The molecule has 0 atom stereocenters. The molecule has 2 rings (SSSR count). The van der Waals surface area contributed by atoms with Crippen LogP contribution in [0.2, 0.25) is 0 Å². The normalized spacial score (nSPS) is 10.2. The van der Waals surface area contributed by atoms with E-state index in [1.54, 1.807) is 0 Å². The van der Waals surface area contributed by atoms with Crippen LogP contribution in [0.1, 0.15) is 23.6 Å². The molecule has 0 saturated carbocycles. The molecular formula is C17H18O2. The Labute approximate surface area is 114 Å². The standard InChI is InChI=1S/C17H18O2/c1-13-4-3-5-16(12-13)7-6-15-8-10-17(11-9-15)19-14(2)18/h3-5,8-12H,6-7H2,1-2H3. The van der Waals surface area contributed by atoms with Crippen molar-refractivity contribution in [3.8, 4) is 5.75 Å². The van der Waals surface area contributed by atoms with Crippen LogP contribution in [-0.2, 0) is 17.6 Å². The van der Waals surface area contributed by atoms with E-state index in [1.165, 1.54) is 23.6 Å². The molecule has 0 amide bonds. The Morgan fingerprint density at radius 1 is 1.00 bits per heavy atom. The molecule has 98 valence electrons. The number of hydrogen-bond acceptors (Lipinski definition) is 2. The fourth-order valence-electron chi connectivity index (χ4n) is 2.05. The van der Waals surface area contributed by atoms with Gasteiger partial charge in [-0.3, -0.25) is 4.79 Å². The molecule has 0 aliphatic heterocycles. The van der Waals surface area contributed by atoms with Crippen molar-refractivity contribution in [1.82, 2.24) is 0 Å². The molecular weight excluding hydrogens is 236 g/mol. The first-order valence-corrected chi connectivity index (χ1v) is 6.46. The first-order chi connectivity index (χ1) is 9.13. The second-order valence-corrected chi connectivity index (χ2v) is 4.73. The van der Waals surface area contributed by atoms with Gasteiger partial charge in [-0.2, -0.15) is 0 Å². The SMILES string of the molecule is CC(=O)Oc1ccc(CCc2cccc(C)c2)cc1. The molecule has 2 nitrogen and oxygen atoms in total. The first kappa shape index (κ1) is 13.3. The van der Waals surface area contributed by atoms with E-state index >= 15 is 0 Å². The molecule has 19 heavy (non-hydrogen) atoms. The van der Waals surface area contributed by atoms with E-state index in [2.05, 4.69) is 31.2 Å². The number of rotatable bonds is 4. The van der Waals surface area contributed by atoms with Gasteiger partial charge < -0.3 is 4.74 Å². The summed E-state index contributed by atoms with van der Waals surface area (Å²) < 4.78 is 5.01. The quantitative estimate of drug-likeness (QED) is 0.614. The number of carbonyl (C=O) groups is 1. The number of benzene rings is 2. The van der Waals surface area contributed by atoms with Gasteiger partial charge in [0.2, 0.25) is 0 Å². The van der Waals surface area contributed by atoms with Crippen LogP contribution in [-0.4, -0.2) is 5.97 Å². The monoisotopic (exact) mass is 254 g/mol. The Kier molecular flexibility index (Phi) is 4.35. The third-order valence-corrected chi connectivity index (χ3v) is 2.97. The second-order valence-electron chi connectivity index (χ2n) is 4.73. The molecule has 2 aromatic rings. The molecule has 0 aromatic heterocycles. The summed E-state index contributed by atoms with van der Waals surface area (Å²) in [6.07, 6.45) is 2.01. The Balaban J connectivity index is 1.94. The van der Waals surface area contributed by atoms with E-state index in [4.69, 9.17) is 4.74 Å². The molecule has 0 saturated heterocycles. The van der Waals surface area contributed by atoms with Crippen LogP contribution in [0.5, 0.6) is 5.75 Å². The van der Waals surface area contributed by atoms with Gasteiger partial charge in [0.15, 0.2) is 0 Å². The third kappa shape index (κ3) is 4.25. The number of esters is 1. The van der Waals surface area contributed by atoms with Crippen molar-refractivity contribution in [2.45, 2.75) is 26.7 Å². The van der Waals surface area contributed by atoms with E-state index in [1.807, 2.05) is 24.3 Å². The Bertz CT molecular complexity index is 556. The molecule has 0 unspecified atom stereocenters. The summed E-state index contributed by atoms with van der Waals surface area (Å²) in [5.41, 5.74) is 3.89. The van der Waals surface area contributed by atoms with Crippen molar-refractivity contribution < 1.29 is 9.53 Å². The lowest BCUT2D eigenvalue weighted by molar-refractivity contribution is -0.131. The third-order valence-electron chi connectivity index (χ3n) is 2.97. The zero-order valence-corrected chi connectivity index (χ0v) is 11.3. The first-order valence-electron chi connectivity index (χ1n) is 6.46. The Morgan fingerprint density at radius 3 is 2.32 bits per heavy atom. The van der Waals surface area contributed by atoms with Crippen molar-refractivity contribution in [3.05, 3.63) is 65.2 Å². The van der Waals surface area contributed by atoms with Crippen LogP contribution >= 0.6 is 0 Å². The van der Waals surface area contributed by atoms with Gasteiger partial charge in [0.1, 0.15) is 5.75 Å². The topological polar surface area (TPSA) is 26.3 Å². The van der Waals surface area contributed by atoms with Crippen LogP contribution in [0, 0.1) is 6.92 Å². The van der Waals surface area contributed by atoms with E-state index < -0.39 is 0 Å². The number of carbonyl (C=O) groups excluding carboxylic acids is 1. The highest BCUT2D eigenvalue weighted by Gasteiger charge is 1.99. The lowest BCUT2D eigenvalue weighted by Crippen LogP contribution is -2.01. The van der Waals surface area contributed by atoms with Gasteiger partial charge in [0, 0.05) is 6.92 Å². The minimum absolute atomic E-state index is 0.285. The number of hydrogen-bond donors (Lipinski definition) is 0. The fourth-order valence-corrected chi connectivity index (χ4v) is 2.05. The predicted octanol–water partition coefficient (Wildman–Crippen LogP) is 3.71. The highest BCUT2D eigenvalue weighted by Crippen LogP contribution is 2.14. The Morgan fingerprint density at radius 2 is 1.68 bits per heavy atom. The molecule has 0 bridgehead atoms. The summed E-state index contributed by atoms with van der Waals surface area (Å²) in [4.78, 5) is 10.8. The van der Waals surface area contributed by atoms with Crippen molar-refractivity contribution >= 4 is 5.97 Å². The number of ether oxygens (including phenoxy) is 1. The van der Waals surface area contributed by atoms with Crippen molar-refractivity contribution in [3.63, 3.8) is 0 Å². The van der Waals surface area contributed by atoms with Crippen LogP contribution in [0.3, 0.4) is 0 Å². The summed E-state index contributed by atoms with van der Waals surface area (Å²) in [5, 5.41) is 0. The van der Waals surface area contributed by atoms with Crippen LogP contribution in [0.4, 0.5) is 0 Å². The molecule has 0 heterocycles. The van der Waals surface area contributed by atoms with Gasteiger partial charge >= 0.3 is 5.97 Å². The van der Waals surface area contributed by atoms with Crippen molar-refractivity contribution in [1.29, 1.82) is 0 Å². The summed E-state index contributed by atoms with van der Waals surface area (Å²) in [5.74, 6) is 0.319. The summed E-state index contributed by atoms with van der Waals surface area (Å²) >= 11 is 0. The minimum Gasteiger partial charge on any atom is -0.427 e. The molecule has 2 aromatic carbocycles. The van der Waals surface area contributed by atoms with E-state index in [0.29, 0.717) is 5.75 Å². The van der Waals surface area contributed by atoms with Crippen molar-refractivity contribution in [2.24, 2.45) is 0 Å². The summed E-state index contributed by atoms with van der Waals surface area (Å²) in [6.45, 7) is 3.52. The summed E-state index contributed by atoms with van der Waals surface area (Å²) in [6, 6.07) is 16.3. The average Bonchev–Trinajstić information content (AvgIpc) is 2.37. The largest absolute Gasteiger partial charge is 0.427 e. The molecule has 0 spiro atoms. The molecule has 0 radical (unpaired) electrons. The van der Waals surface area contributed by atoms with Crippen LogP contribution in [0.15, 0.2) is 48.5 Å². The average molecular weight is 254 g/mol. The van der Waals surface area contributed by atoms with Gasteiger partial charge in [-0.15, -0.1) is 0 Å². The maximum atomic E-state index is 10.8. The highest BCUT2D eigenvalue weighted by molar-refractivity contribution is 5.69. The van der Waals surface area contributed by atoms with Gasteiger partial charge in [-0.1, -0.05) is 42.0 Å². The molecule has 0 fully saturated rings. The zero-order valence-electron chi connectivity index (χ0n) is 11.3. The fraction of sp³-hybridized carbons (Fsp3) is 0.235. The van der Waals surface area contributed by atoms with E-state index in [0.717, 1.165) is 12.8 Å². The van der Waals surface area contributed by atoms with E-state index in [9.17, 15) is 4.79 Å². The predicted molar refractivity (Wildman–Crippen MR) is 76.3 cm³/mol. The van der Waals surface area contributed by atoms with Gasteiger partial charge in [0.05, 0.1) is 0 Å². The molecule has 2 heteroatoms.